The Morgan fingerprint density at radius 1 is 0.610 bits per heavy atom. The van der Waals surface area contributed by atoms with Gasteiger partial charge in [-0.3, -0.25) is 28.8 Å². The summed E-state index contributed by atoms with van der Waals surface area (Å²) in [5, 5.41) is 24.2. The van der Waals surface area contributed by atoms with Crippen molar-refractivity contribution < 1.29 is 33.9 Å². The summed E-state index contributed by atoms with van der Waals surface area (Å²) in [4.78, 5) is 84.4. The second-order valence-corrected chi connectivity index (χ2v) is 14.8. The summed E-state index contributed by atoms with van der Waals surface area (Å²) >= 11 is 8.23. The van der Waals surface area contributed by atoms with Gasteiger partial charge in [-0.1, -0.05) is 60.7 Å². The number of phenols is 1. The van der Waals surface area contributed by atoms with Crippen LogP contribution < -0.4 is 43.8 Å². The number of aromatic hydroxyl groups is 1. The van der Waals surface area contributed by atoms with Crippen LogP contribution in [0, 0.1) is 0 Å². The van der Waals surface area contributed by atoms with Gasteiger partial charge in [-0.25, -0.2) is 0 Å². The maximum absolute atomic E-state index is 14.4. The van der Waals surface area contributed by atoms with E-state index in [0.29, 0.717) is 30.5 Å². The van der Waals surface area contributed by atoms with Crippen molar-refractivity contribution in [2.24, 2.45) is 17.2 Å². The lowest BCUT2D eigenvalue weighted by Gasteiger charge is -2.27. The molecular weight excluding hydrogens is 795 g/mol. The zero-order chi connectivity index (χ0) is 42.9. The first-order valence-electron chi connectivity index (χ1n) is 19.2. The van der Waals surface area contributed by atoms with E-state index in [1.807, 2.05) is 30.3 Å². The first-order valence-corrected chi connectivity index (χ1v) is 20.4. The molecule has 0 aliphatic carbocycles. The van der Waals surface area contributed by atoms with Gasteiger partial charge in [-0.15, -0.1) is 0 Å². The number of aromatic amines is 1. The zero-order valence-electron chi connectivity index (χ0n) is 32.4. The first-order chi connectivity index (χ1) is 28.3. The minimum Gasteiger partial charge on any atom is -0.508 e. The molecule has 0 unspecified atom stereocenters. The van der Waals surface area contributed by atoms with Crippen molar-refractivity contribution in [3.63, 3.8) is 0 Å². The topological polar surface area (TPSA) is 277 Å². The van der Waals surface area contributed by atoms with Crippen molar-refractivity contribution in [2.75, 3.05) is 18.1 Å². The Kier molecular flexibility index (Phi) is 18.1. The molecule has 1 heterocycles. The van der Waals surface area contributed by atoms with Gasteiger partial charge in [0.05, 0.1) is 6.04 Å². The van der Waals surface area contributed by atoms with E-state index < -0.39 is 71.7 Å². The number of carbonyl (C=O) groups is 6. The Balaban J connectivity index is 1.65. The van der Waals surface area contributed by atoms with E-state index in [9.17, 15) is 33.9 Å². The van der Waals surface area contributed by atoms with Crippen molar-refractivity contribution >= 4 is 71.6 Å². The lowest BCUT2D eigenvalue weighted by Crippen LogP contribution is -2.60. The number of amides is 6. The van der Waals surface area contributed by atoms with E-state index in [0.717, 1.165) is 16.5 Å². The van der Waals surface area contributed by atoms with Crippen molar-refractivity contribution in [1.82, 2.24) is 31.6 Å². The predicted octanol–water partition coefficient (Wildman–Crippen LogP) is 0.127. The average molecular weight is 848 g/mol. The normalized spacial score (nSPS) is 14.2. The molecule has 13 N–H and O–H groups in total. The smallest absolute Gasteiger partial charge is 0.243 e. The van der Waals surface area contributed by atoms with Gasteiger partial charge < -0.3 is 53.9 Å². The molecule has 6 atom stereocenters. The Bertz CT molecular complexity index is 2030. The van der Waals surface area contributed by atoms with Crippen LogP contribution >= 0.6 is 25.3 Å². The molecular formula is C41H53N9O7S2. The Morgan fingerprint density at radius 3 is 1.69 bits per heavy atom. The number of nitrogens with two attached hydrogens (primary N) is 3. The van der Waals surface area contributed by atoms with Crippen LogP contribution in [-0.2, 0) is 48.0 Å². The van der Waals surface area contributed by atoms with Gasteiger partial charge in [0.15, 0.2) is 0 Å². The predicted molar refractivity (Wildman–Crippen MR) is 231 cm³/mol. The highest BCUT2D eigenvalue weighted by Gasteiger charge is 2.33. The van der Waals surface area contributed by atoms with Crippen molar-refractivity contribution in [3.8, 4) is 5.75 Å². The van der Waals surface area contributed by atoms with E-state index in [1.165, 1.54) is 12.1 Å². The molecule has 4 rings (SSSR count). The fourth-order valence-corrected chi connectivity index (χ4v) is 6.72. The number of aromatic nitrogens is 1. The summed E-state index contributed by atoms with van der Waals surface area (Å²) in [6, 6.07) is 15.4. The van der Waals surface area contributed by atoms with Crippen LogP contribution in [0.4, 0.5) is 0 Å². The summed E-state index contributed by atoms with van der Waals surface area (Å²) in [7, 11) is 0. The summed E-state index contributed by atoms with van der Waals surface area (Å²) in [5.74, 6) is -4.33. The van der Waals surface area contributed by atoms with Crippen LogP contribution in [-0.4, -0.2) is 99.8 Å². The second kappa shape index (κ2) is 23.1. The quantitative estimate of drug-likeness (QED) is 0.0357. The number of rotatable bonds is 23. The van der Waals surface area contributed by atoms with Crippen LogP contribution in [0.5, 0.6) is 5.75 Å². The first kappa shape index (κ1) is 46.1. The molecule has 3 aromatic carbocycles. The van der Waals surface area contributed by atoms with E-state index in [1.54, 1.807) is 42.6 Å². The molecule has 4 aromatic rings. The maximum atomic E-state index is 14.4. The van der Waals surface area contributed by atoms with E-state index in [4.69, 9.17) is 17.2 Å². The molecule has 18 heteroatoms. The van der Waals surface area contributed by atoms with Gasteiger partial charge in [0, 0.05) is 47.9 Å². The third-order valence-electron chi connectivity index (χ3n) is 9.61. The number of benzene rings is 3. The van der Waals surface area contributed by atoms with Crippen molar-refractivity contribution in [1.29, 1.82) is 0 Å². The van der Waals surface area contributed by atoms with Crippen LogP contribution in [0.15, 0.2) is 85.1 Å². The Hall–Kier alpha value is -5.56. The summed E-state index contributed by atoms with van der Waals surface area (Å²) in [5.41, 5.74) is 20.0. The Morgan fingerprint density at radius 2 is 1.12 bits per heavy atom. The zero-order valence-corrected chi connectivity index (χ0v) is 34.2. The number of nitrogens with one attached hydrogen (secondary N) is 6. The molecule has 0 spiro atoms. The maximum Gasteiger partial charge on any atom is 0.243 e. The van der Waals surface area contributed by atoms with Crippen LogP contribution in [0.3, 0.4) is 0 Å². The third kappa shape index (κ3) is 14.1. The van der Waals surface area contributed by atoms with E-state index in [2.05, 4.69) is 56.8 Å². The van der Waals surface area contributed by atoms with Crippen LogP contribution in [0.2, 0.25) is 0 Å². The number of thiol groups is 2. The van der Waals surface area contributed by atoms with E-state index in [-0.39, 0.29) is 42.9 Å². The third-order valence-corrected chi connectivity index (χ3v) is 10.4. The average Bonchev–Trinajstić information content (AvgIpc) is 3.64. The lowest BCUT2D eigenvalue weighted by molar-refractivity contribution is -0.135. The summed E-state index contributed by atoms with van der Waals surface area (Å²) in [6.45, 7) is 0.317. The van der Waals surface area contributed by atoms with Gasteiger partial charge in [0.2, 0.25) is 35.4 Å². The fraction of sp³-hybridized carbons (Fsp3) is 0.366. The molecule has 0 saturated heterocycles. The molecule has 1 aromatic heterocycles. The molecule has 16 nitrogen and oxygen atoms in total. The number of para-hydroxylation sites is 1. The number of phenolic OH excluding ortho intramolecular Hbond substituents is 1. The van der Waals surface area contributed by atoms with Crippen molar-refractivity contribution in [3.05, 3.63) is 102 Å². The number of carbonyl (C=O) groups excluding carboxylic acids is 6. The summed E-state index contributed by atoms with van der Waals surface area (Å²) < 4.78 is 0. The summed E-state index contributed by atoms with van der Waals surface area (Å²) in [6.07, 6.45) is 2.80. The lowest BCUT2D eigenvalue weighted by atomic mass is 10.0. The van der Waals surface area contributed by atoms with Gasteiger partial charge in [-0.05, 0) is 60.7 Å². The van der Waals surface area contributed by atoms with Gasteiger partial charge in [0.25, 0.3) is 0 Å². The number of hydrogen-bond donors (Lipinski definition) is 12. The number of primary amides is 1. The molecule has 0 aliphatic rings. The largest absolute Gasteiger partial charge is 0.508 e. The Labute approximate surface area is 353 Å². The minimum atomic E-state index is -1.26. The second-order valence-electron chi connectivity index (χ2n) is 14.1. The van der Waals surface area contributed by atoms with E-state index >= 15 is 0 Å². The van der Waals surface area contributed by atoms with Crippen molar-refractivity contribution in [2.45, 2.75) is 74.8 Å². The molecule has 0 radical (unpaired) electrons. The molecule has 6 amide bonds. The minimum absolute atomic E-state index is 0.00498. The number of hydrogen-bond acceptors (Lipinski definition) is 11. The standard InChI is InChI=1S/C41H53N9O7S2/c42-17-7-6-12-31(38(54)48-33(19-25-13-15-27(51)16-14-25)40(56)50-35(23-59)36(44)52)46-41(57)34(20-26-21-45-30-11-5-4-10-28(26)30)49-39(55)32(47-37(53)29(43)22-58)18-24-8-2-1-3-9-24/h1-5,8-11,13-16,21,29,31-35,45,51,58-59H,6-7,12,17-20,22-23,42-43H2,(H2,44,52)(H,46,57)(H,47,53)(H,48,54)(H,49,55)(H,50,56)/t29-,31-,32-,33-,34-,35-/m0/s1. The number of unbranched alkanes of at least 4 members (excludes halogenated alkanes) is 1. The molecule has 316 valence electrons. The monoisotopic (exact) mass is 847 g/mol. The van der Waals surface area contributed by atoms with Gasteiger partial charge in [-0.2, -0.15) is 25.3 Å². The molecule has 0 fully saturated rings. The highest BCUT2D eigenvalue weighted by molar-refractivity contribution is 7.80. The number of fused-ring (bicyclic) bond motifs is 1. The number of H-pyrrole nitrogens is 1. The highest BCUT2D eigenvalue weighted by Crippen LogP contribution is 2.20. The molecule has 0 bridgehead atoms. The molecule has 0 saturated carbocycles. The van der Waals surface area contributed by atoms with Crippen LogP contribution in [0.25, 0.3) is 10.9 Å². The molecule has 0 aliphatic heterocycles. The van der Waals surface area contributed by atoms with Gasteiger partial charge in [0.1, 0.15) is 36.0 Å². The SMILES string of the molecule is NCCCC[C@H](NC(=O)[C@H](Cc1c[nH]c2ccccc12)NC(=O)[C@H](Cc1ccccc1)NC(=O)[C@@H](N)CS)C(=O)N[C@@H](Cc1ccc(O)cc1)C(=O)N[C@@H](CS)C(N)=O. The molecule has 59 heavy (non-hydrogen) atoms. The fourth-order valence-electron chi connectivity index (χ4n) is 6.29. The van der Waals surface area contributed by atoms with Gasteiger partial charge >= 0.3 is 0 Å². The highest BCUT2D eigenvalue weighted by atomic mass is 32.1. The van der Waals surface area contributed by atoms with Crippen LogP contribution in [0.1, 0.15) is 36.0 Å².